The van der Waals surface area contributed by atoms with E-state index in [0.29, 0.717) is 11.1 Å². The summed E-state index contributed by atoms with van der Waals surface area (Å²) in [4.78, 5) is 15.5. The summed E-state index contributed by atoms with van der Waals surface area (Å²) in [6.07, 6.45) is 1.64. The minimum atomic E-state index is -0.465. The summed E-state index contributed by atoms with van der Waals surface area (Å²) >= 11 is 0. The second-order valence-electron chi connectivity index (χ2n) is 4.75. The zero-order valence-electron chi connectivity index (χ0n) is 10.9. The molecule has 20 heavy (non-hydrogen) atoms. The number of rotatable bonds is 2. The molecule has 3 rings (SSSR count). The van der Waals surface area contributed by atoms with Crippen LogP contribution in [0.3, 0.4) is 0 Å². The molecule has 0 fully saturated rings. The third-order valence-corrected chi connectivity index (χ3v) is 3.48. The van der Waals surface area contributed by atoms with Crippen LogP contribution in [0, 0.1) is 12.7 Å². The predicted octanol–water partition coefficient (Wildman–Crippen LogP) is 3.43. The maximum absolute atomic E-state index is 13.7. The van der Waals surface area contributed by atoms with E-state index in [4.69, 9.17) is 5.73 Å². The van der Waals surface area contributed by atoms with Gasteiger partial charge in [0.15, 0.2) is 5.78 Å². The van der Waals surface area contributed by atoms with Crippen molar-refractivity contribution in [3.8, 4) is 0 Å². The molecule has 100 valence electrons. The third-order valence-electron chi connectivity index (χ3n) is 3.48. The molecule has 3 aromatic rings. The van der Waals surface area contributed by atoms with Crippen molar-refractivity contribution in [2.24, 2.45) is 0 Å². The fourth-order valence-corrected chi connectivity index (χ4v) is 2.25. The molecular weight excluding hydrogens is 255 g/mol. The predicted molar refractivity (Wildman–Crippen MR) is 77.3 cm³/mol. The van der Waals surface area contributed by atoms with Crippen LogP contribution >= 0.6 is 0 Å². The van der Waals surface area contributed by atoms with Gasteiger partial charge in [0.2, 0.25) is 0 Å². The van der Waals surface area contributed by atoms with Gasteiger partial charge in [-0.2, -0.15) is 0 Å². The van der Waals surface area contributed by atoms with Gasteiger partial charge < -0.3 is 10.7 Å². The average Bonchev–Trinajstić information content (AvgIpc) is 2.87. The molecule has 3 N–H and O–H groups in total. The highest BCUT2D eigenvalue weighted by Crippen LogP contribution is 2.24. The number of hydrogen-bond acceptors (Lipinski definition) is 2. The Hall–Kier alpha value is -2.62. The molecule has 1 heterocycles. The van der Waals surface area contributed by atoms with Crippen LogP contribution in [-0.4, -0.2) is 10.8 Å². The first-order valence-electron chi connectivity index (χ1n) is 6.24. The molecule has 0 bridgehead atoms. The number of para-hydroxylation sites is 1. The van der Waals surface area contributed by atoms with Gasteiger partial charge in [-0.1, -0.05) is 18.2 Å². The average molecular weight is 268 g/mol. The van der Waals surface area contributed by atoms with E-state index in [1.165, 1.54) is 12.1 Å². The number of aromatic amines is 1. The standard InChI is InChI=1S/C16H13FN2O/c1-9-13(17)6-10(7-14(9)18)16(20)12-8-19-15-5-3-2-4-11(12)15/h2-8,19H,18H2,1H3. The zero-order chi connectivity index (χ0) is 14.3. The minimum Gasteiger partial charge on any atom is -0.398 e. The lowest BCUT2D eigenvalue weighted by Crippen LogP contribution is -2.04. The number of aromatic nitrogens is 1. The number of anilines is 1. The zero-order valence-corrected chi connectivity index (χ0v) is 10.9. The number of hydrogen-bond donors (Lipinski definition) is 2. The topological polar surface area (TPSA) is 58.9 Å². The van der Waals surface area contributed by atoms with Gasteiger partial charge in [-0.25, -0.2) is 4.39 Å². The van der Waals surface area contributed by atoms with Crippen LogP contribution in [0.2, 0.25) is 0 Å². The quantitative estimate of drug-likeness (QED) is 0.552. The van der Waals surface area contributed by atoms with E-state index in [2.05, 4.69) is 4.98 Å². The van der Waals surface area contributed by atoms with E-state index < -0.39 is 5.82 Å². The number of fused-ring (bicyclic) bond motifs is 1. The van der Waals surface area contributed by atoms with Gasteiger partial charge in [0.05, 0.1) is 0 Å². The summed E-state index contributed by atoms with van der Waals surface area (Å²) in [6, 6.07) is 10.2. The van der Waals surface area contributed by atoms with Crippen molar-refractivity contribution in [3.05, 3.63) is 65.1 Å². The number of benzene rings is 2. The molecule has 0 atom stereocenters. The van der Waals surface area contributed by atoms with E-state index in [1.54, 1.807) is 13.1 Å². The monoisotopic (exact) mass is 268 g/mol. The number of nitrogens with one attached hydrogen (secondary N) is 1. The van der Waals surface area contributed by atoms with Crippen LogP contribution in [0.1, 0.15) is 21.5 Å². The molecule has 0 saturated heterocycles. The lowest BCUT2D eigenvalue weighted by Gasteiger charge is -2.05. The number of H-pyrrole nitrogens is 1. The number of halogens is 1. The Morgan fingerprint density at radius 1 is 1.25 bits per heavy atom. The normalized spacial score (nSPS) is 10.9. The maximum Gasteiger partial charge on any atom is 0.195 e. The Labute approximate surface area is 115 Å². The van der Waals surface area contributed by atoms with Crippen molar-refractivity contribution in [1.29, 1.82) is 0 Å². The number of nitrogen functional groups attached to an aromatic ring is 1. The van der Waals surface area contributed by atoms with Gasteiger partial charge >= 0.3 is 0 Å². The van der Waals surface area contributed by atoms with Gasteiger partial charge in [0, 0.05) is 39.5 Å². The fraction of sp³-hybridized carbons (Fsp3) is 0.0625. The Bertz CT molecular complexity index is 797. The Balaban J connectivity index is 2.13. The lowest BCUT2D eigenvalue weighted by atomic mass is 10.0. The molecule has 0 radical (unpaired) electrons. The maximum atomic E-state index is 13.7. The molecule has 0 amide bonds. The summed E-state index contributed by atoms with van der Waals surface area (Å²) in [5, 5.41) is 0.817. The molecule has 0 aliphatic heterocycles. The first kappa shape index (κ1) is 12.4. The molecule has 3 nitrogen and oxygen atoms in total. The van der Waals surface area contributed by atoms with Crippen LogP contribution in [0.4, 0.5) is 10.1 Å². The van der Waals surface area contributed by atoms with E-state index >= 15 is 0 Å². The van der Waals surface area contributed by atoms with Crippen LogP contribution in [-0.2, 0) is 0 Å². The third kappa shape index (κ3) is 1.86. The Morgan fingerprint density at radius 2 is 2.00 bits per heavy atom. The van der Waals surface area contributed by atoms with Crippen LogP contribution in [0.15, 0.2) is 42.6 Å². The van der Waals surface area contributed by atoms with Crippen molar-refractivity contribution in [3.63, 3.8) is 0 Å². The van der Waals surface area contributed by atoms with Crippen molar-refractivity contribution in [2.75, 3.05) is 5.73 Å². The van der Waals surface area contributed by atoms with E-state index in [9.17, 15) is 9.18 Å². The SMILES string of the molecule is Cc1c(N)cc(C(=O)c2c[nH]c3ccccc23)cc1F. The van der Waals surface area contributed by atoms with Crippen molar-refractivity contribution >= 4 is 22.4 Å². The largest absolute Gasteiger partial charge is 0.398 e. The Kier molecular flexibility index (Phi) is 2.79. The summed E-state index contributed by atoms with van der Waals surface area (Å²) < 4.78 is 13.7. The van der Waals surface area contributed by atoms with Gasteiger partial charge in [0.25, 0.3) is 0 Å². The molecule has 0 saturated carbocycles. The van der Waals surface area contributed by atoms with E-state index in [-0.39, 0.29) is 17.0 Å². The van der Waals surface area contributed by atoms with Gasteiger partial charge in [-0.15, -0.1) is 0 Å². The number of carbonyl (C=O) groups is 1. The molecule has 0 aliphatic carbocycles. The highest BCUT2D eigenvalue weighted by Gasteiger charge is 2.16. The molecule has 0 unspecified atom stereocenters. The lowest BCUT2D eigenvalue weighted by molar-refractivity contribution is 0.104. The molecule has 0 aliphatic rings. The Morgan fingerprint density at radius 3 is 2.75 bits per heavy atom. The van der Waals surface area contributed by atoms with Crippen LogP contribution in [0.5, 0.6) is 0 Å². The van der Waals surface area contributed by atoms with Gasteiger partial charge in [-0.05, 0) is 25.1 Å². The first-order valence-corrected chi connectivity index (χ1v) is 6.24. The fourth-order valence-electron chi connectivity index (χ4n) is 2.25. The van der Waals surface area contributed by atoms with E-state index in [0.717, 1.165) is 10.9 Å². The minimum absolute atomic E-state index is 0.243. The van der Waals surface area contributed by atoms with Crippen molar-refractivity contribution in [1.82, 2.24) is 4.98 Å². The number of ketones is 1. The van der Waals surface area contributed by atoms with E-state index in [1.807, 2.05) is 24.3 Å². The van der Waals surface area contributed by atoms with Gasteiger partial charge in [-0.3, -0.25) is 4.79 Å². The van der Waals surface area contributed by atoms with Crippen molar-refractivity contribution < 1.29 is 9.18 Å². The highest BCUT2D eigenvalue weighted by atomic mass is 19.1. The first-order chi connectivity index (χ1) is 9.58. The molecule has 2 aromatic carbocycles. The summed E-state index contributed by atoms with van der Waals surface area (Å²) in [5.74, 6) is -0.707. The summed E-state index contributed by atoms with van der Waals surface area (Å²) in [6.45, 7) is 1.59. The summed E-state index contributed by atoms with van der Waals surface area (Å²) in [7, 11) is 0. The number of carbonyl (C=O) groups excluding carboxylic acids is 1. The highest BCUT2D eigenvalue weighted by molar-refractivity contribution is 6.16. The van der Waals surface area contributed by atoms with Gasteiger partial charge in [0.1, 0.15) is 5.82 Å². The van der Waals surface area contributed by atoms with Crippen LogP contribution < -0.4 is 5.73 Å². The smallest absolute Gasteiger partial charge is 0.195 e. The number of nitrogens with two attached hydrogens (primary N) is 1. The molecule has 4 heteroatoms. The molecular formula is C16H13FN2O. The molecule has 0 spiro atoms. The second kappa shape index (κ2) is 4.49. The van der Waals surface area contributed by atoms with Crippen molar-refractivity contribution in [2.45, 2.75) is 6.92 Å². The van der Waals surface area contributed by atoms with Crippen LogP contribution in [0.25, 0.3) is 10.9 Å². The molecule has 1 aromatic heterocycles. The summed E-state index contributed by atoms with van der Waals surface area (Å²) in [5.41, 5.74) is 8.02. The second-order valence-corrected chi connectivity index (χ2v) is 4.75.